The number of fused-ring (bicyclic) bond motifs is 1. The Morgan fingerprint density at radius 2 is 1.75 bits per heavy atom. The molecule has 1 aromatic heterocycles. The molecule has 2 amide bonds. The van der Waals surface area contributed by atoms with Crippen LogP contribution in [0.2, 0.25) is 0 Å². The number of hydrogen-bond donors (Lipinski definition) is 3. The molecule has 0 bridgehead atoms. The number of nitrogens with one attached hydrogen (secondary N) is 2. The maximum Gasteiger partial charge on any atom is 0.408 e. The third-order valence-corrected chi connectivity index (χ3v) is 12.3. The Morgan fingerprint density at radius 3 is 2.38 bits per heavy atom. The standard InChI is InChI=1S/C44H60FN5O11/c1-11-32-44(8)35(48-41(56)61-44)26(4)33(51)24(2)23-42(6,60-40(55)46-20-12-14-28-16-18-29(19-17-28)30-15-13-21-47-49-30)37(27(5)36(53)43(7,45)39(54)58-32)59-38-34(52)31(50(9)10)22-25(3)57-38/h12-19,21,24-27,31-32,34-35,37-38,52H,11,20,22-23H2,1-10H3,(H,46,55)(H,48,56)/b14-12+/t24-,25-,26+,27+,31+,32-,34-,35-,37-,38+,42-,43+,44-/m1/s1. The molecule has 0 unspecified atom stereocenters. The number of likely N-dealkylation sites (N-methyl/N-ethyl adjacent to an activating group) is 1. The molecule has 334 valence electrons. The van der Waals surface area contributed by atoms with Gasteiger partial charge in [0.05, 0.1) is 17.8 Å². The van der Waals surface area contributed by atoms with E-state index in [0.29, 0.717) is 12.1 Å². The number of benzene rings is 1. The van der Waals surface area contributed by atoms with Crippen molar-refractivity contribution in [3.8, 4) is 11.3 Å². The highest BCUT2D eigenvalue weighted by molar-refractivity contribution is 6.08. The van der Waals surface area contributed by atoms with Crippen molar-refractivity contribution >= 4 is 35.8 Å². The average molecular weight is 854 g/mol. The number of Topliss-reactive ketones (excluding diaryl/α,β-unsaturated/α-hetero) is 2. The summed E-state index contributed by atoms with van der Waals surface area (Å²) in [5.74, 6) is -6.69. The largest absolute Gasteiger partial charge is 0.455 e. The number of alkyl halides is 1. The number of aliphatic hydroxyl groups excluding tert-OH is 1. The van der Waals surface area contributed by atoms with Crippen LogP contribution in [0, 0.1) is 17.8 Å². The molecular formula is C44H60FN5O11. The molecule has 3 fully saturated rings. The van der Waals surface area contributed by atoms with Crippen molar-refractivity contribution in [3.63, 3.8) is 0 Å². The predicted molar refractivity (Wildman–Crippen MR) is 220 cm³/mol. The van der Waals surface area contributed by atoms with E-state index in [9.17, 15) is 29.1 Å². The fourth-order valence-corrected chi connectivity index (χ4v) is 8.89. The van der Waals surface area contributed by atoms with E-state index >= 15 is 4.39 Å². The van der Waals surface area contributed by atoms with E-state index in [1.807, 2.05) is 30.3 Å². The van der Waals surface area contributed by atoms with Crippen LogP contribution in [-0.2, 0) is 38.1 Å². The quantitative estimate of drug-likeness (QED) is 0.176. The average Bonchev–Trinajstić information content (AvgIpc) is 3.54. The predicted octanol–water partition coefficient (Wildman–Crippen LogP) is 4.82. The number of cyclic esters (lactones) is 1. The number of carbonyl (C=O) groups excluding carboxylic acids is 5. The van der Waals surface area contributed by atoms with Gasteiger partial charge < -0.3 is 44.3 Å². The Balaban J connectivity index is 1.50. The van der Waals surface area contributed by atoms with Crippen LogP contribution in [0.5, 0.6) is 0 Å². The zero-order valence-corrected chi connectivity index (χ0v) is 36.5. The van der Waals surface area contributed by atoms with E-state index in [1.54, 1.807) is 71.1 Å². The van der Waals surface area contributed by atoms with Crippen molar-refractivity contribution < 1.29 is 57.2 Å². The number of esters is 1. The summed E-state index contributed by atoms with van der Waals surface area (Å²) in [6.07, 6.45) is -2.57. The van der Waals surface area contributed by atoms with Crippen LogP contribution in [0.1, 0.15) is 80.2 Å². The molecule has 0 radical (unpaired) electrons. The summed E-state index contributed by atoms with van der Waals surface area (Å²) in [5, 5.41) is 24.9. The van der Waals surface area contributed by atoms with Crippen molar-refractivity contribution in [2.24, 2.45) is 17.8 Å². The smallest absolute Gasteiger partial charge is 0.408 e. The number of ether oxygens (including phenoxy) is 5. The SMILES string of the molecule is CC[C@H]1OC(=O)[C@@](C)(F)C(=O)[C@H](C)[C@@H](O[C@@H]2O[C@H](C)C[C@H](N(C)C)[C@H]2O)[C@](C)(OC(=O)NC/C=C/c2ccc(-c3cccnn3)cc2)C[C@@H](C)C(=O)[C@H](C)[C@H]2NC(=O)O[C@@]21C. The number of rotatable bonds is 9. The molecule has 4 heterocycles. The Labute approximate surface area is 356 Å². The zero-order chi connectivity index (χ0) is 45.0. The molecule has 3 N–H and O–H groups in total. The number of aliphatic hydroxyl groups is 1. The second-order valence-corrected chi connectivity index (χ2v) is 17.3. The Hall–Kier alpha value is -4.84. The third kappa shape index (κ3) is 10.3. The summed E-state index contributed by atoms with van der Waals surface area (Å²) in [6, 6.07) is 9.67. The molecule has 13 atom stereocenters. The molecule has 61 heavy (non-hydrogen) atoms. The highest BCUT2D eigenvalue weighted by atomic mass is 19.1. The molecule has 3 saturated heterocycles. The molecule has 1 aromatic carbocycles. The number of nitrogens with zero attached hydrogens (tertiary/aromatic N) is 3. The van der Waals surface area contributed by atoms with Gasteiger partial charge in [0.1, 0.15) is 29.7 Å². The van der Waals surface area contributed by atoms with Gasteiger partial charge in [-0.2, -0.15) is 10.2 Å². The molecular weight excluding hydrogens is 794 g/mol. The number of hydrogen-bond acceptors (Lipinski definition) is 14. The van der Waals surface area contributed by atoms with Gasteiger partial charge in [0, 0.05) is 42.1 Å². The summed E-state index contributed by atoms with van der Waals surface area (Å²) in [6.45, 7) is 11.6. The van der Waals surface area contributed by atoms with Crippen molar-refractivity contribution in [3.05, 3.63) is 54.2 Å². The number of ketones is 2. The van der Waals surface area contributed by atoms with E-state index < -0.39 is 101 Å². The molecule has 2 aromatic rings. The highest BCUT2D eigenvalue weighted by Crippen LogP contribution is 2.41. The van der Waals surface area contributed by atoms with Gasteiger partial charge in [-0.05, 0) is 78.7 Å². The van der Waals surface area contributed by atoms with Crippen LogP contribution < -0.4 is 10.6 Å². The van der Waals surface area contributed by atoms with Crippen LogP contribution in [0.25, 0.3) is 17.3 Å². The molecule has 3 aliphatic heterocycles. The van der Waals surface area contributed by atoms with Crippen LogP contribution in [0.15, 0.2) is 48.7 Å². The molecule has 5 rings (SSSR count). The number of alkyl carbamates (subject to hydrolysis) is 2. The van der Waals surface area contributed by atoms with Crippen molar-refractivity contribution in [1.82, 2.24) is 25.7 Å². The number of carbonyl (C=O) groups is 5. The minimum absolute atomic E-state index is 0.00816. The van der Waals surface area contributed by atoms with Gasteiger partial charge in [-0.3, -0.25) is 9.59 Å². The highest BCUT2D eigenvalue weighted by Gasteiger charge is 2.60. The summed E-state index contributed by atoms with van der Waals surface area (Å²) in [7, 11) is 3.55. The number of aromatic nitrogens is 2. The lowest BCUT2D eigenvalue weighted by Gasteiger charge is -2.47. The van der Waals surface area contributed by atoms with Gasteiger partial charge in [-0.15, -0.1) is 0 Å². The van der Waals surface area contributed by atoms with Gasteiger partial charge in [0.15, 0.2) is 17.7 Å². The van der Waals surface area contributed by atoms with Crippen molar-refractivity contribution in [2.75, 3.05) is 20.6 Å². The van der Waals surface area contributed by atoms with Crippen LogP contribution in [0.3, 0.4) is 0 Å². The minimum Gasteiger partial charge on any atom is -0.455 e. The first kappa shape index (κ1) is 47.2. The molecule has 0 saturated carbocycles. The van der Waals surface area contributed by atoms with E-state index in [4.69, 9.17) is 23.7 Å². The second kappa shape index (κ2) is 19.1. The van der Waals surface area contributed by atoms with E-state index in [0.717, 1.165) is 18.1 Å². The fraction of sp³-hybridized carbons (Fsp3) is 0.614. The topological polar surface area (TPSA) is 205 Å². The number of halogens is 1. The lowest BCUT2D eigenvalue weighted by atomic mass is 9.73. The van der Waals surface area contributed by atoms with Gasteiger partial charge in [-0.25, -0.2) is 18.8 Å². The Bertz CT molecular complexity index is 1930. The van der Waals surface area contributed by atoms with E-state index in [1.165, 1.54) is 20.8 Å². The summed E-state index contributed by atoms with van der Waals surface area (Å²) < 4.78 is 46.9. The van der Waals surface area contributed by atoms with Crippen molar-refractivity contribution in [2.45, 2.75) is 134 Å². The maximum atomic E-state index is 16.9. The third-order valence-electron chi connectivity index (χ3n) is 12.3. The maximum absolute atomic E-state index is 16.9. The Morgan fingerprint density at radius 1 is 1.07 bits per heavy atom. The van der Waals surface area contributed by atoms with Gasteiger partial charge in [0.25, 0.3) is 5.67 Å². The van der Waals surface area contributed by atoms with Crippen molar-refractivity contribution in [1.29, 1.82) is 0 Å². The monoisotopic (exact) mass is 853 g/mol. The van der Waals surface area contributed by atoms with Gasteiger partial charge in [-0.1, -0.05) is 64.1 Å². The van der Waals surface area contributed by atoms with Crippen LogP contribution >= 0.6 is 0 Å². The van der Waals surface area contributed by atoms with Crippen LogP contribution in [-0.4, -0.2) is 130 Å². The number of amides is 2. The molecule has 3 aliphatic rings. The lowest BCUT2D eigenvalue weighted by Crippen LogP contribution is -2.62. The Kier molecular flexibility index (Phi) is 14.7. The zero-order valence-electron chi connectivity index (χ0n) is 36.5. The normalized spacial score (nSPS) is 36.4. The first-order chi connectivity index (χ1) is 28.6. The molecule has 17 heteroatoms. The first-order valence-corrected chi connectivity index (χ1v) is 20.8. The molecule has 0 aliphatic carbocycles. The minimum atomic E-state index is -3.29. The first-order valence-electron chi connectivity index (χ1n) is 20.8. The summed E-state index contributed by atoms with van der Waals surface area (Å²) >= 11 is 0. The van der Waals surface area contributed by atoms with E-state index in [2.05, 4.69) is 20.8 Å². The summed E-state index contributed by atoms with van der Waals surface area (Å²) in [4.78, 5) is 70.9. The lowest BCUT2D eigenvalue weighted by molar-refractivity contribution is -0.292. The molecule has 0 spiro atoms. The van der Waals surface area contributed by atoms with E-state index in [-0.39, 0.29) is 25.2 Å². The van der Waals surface area contributed by atoms with Gasteiger partial charge >= 0.3 is 18.2 Å². The summed E-state index contributed by atoms with van der Waals surface area (Å²) in [5.41, 5.74) is -4.43. The van der Waals surface area contributed by atoms with Crippen LogP contribution in [0.4, 0.5) is 14.0 Å². The molecule has 16 nitrogen and oxygen atoms in total. The second-order valence-electron chi connectivity index (χ2n) is 17.3. The fourth-order valence-electron chi connectivity index (χ4n) is 8.89. The van der Waals surface area contributed by atoms with Gasteiger partial charge in [0.2, 0.25) is 0 Å².